The van der Waals surface area contributed by atoms with Gasteiger partial charge in [-0.15, -0.1) is 11.6 Å². The molecule has 0 amide bonds. The van der Waals surface area contributed by atoms with Crippen molar-refractivity contribution in [3.8, 4) is 5.75 Å². The maximum absolute atomic E-state index is 13.7. The minimum atomic E-state index is -0.155. The minimum absolute atomic E-state index is 0.155. The molecule has 3 heteroatoms. The van der Waals surface area contributed by atoms with E-state index in [1.807, 2.05) is 36.4 Å². The highest BCUT2D eigenvalue weighted by Crippen LogP contribution is 2.20. The van der Waals surface area contributed by atoms with E-state index in [0.717, 1.165) is 17.7 Å². The monoisotopic (exact) mass is 292 g/mol. The third-order valence-electron chi connectivity index (χ3n) is 3.37. The van der Waals surface area contributed by atoms with Crippen LogP contribution in [0.4, 0.5) is 4.39 Å². The smallest absolute Gasteiger partial charge is 0.126 e. The Morgan fingerprint density at radius 2 is 1.75 bits per heavy atom. The third kappa shape index (κ3) is 3.97. The van der Waals surface area contributed by atoms with Crippen LogP contribution in [0.1, 0.15) is 11.1 Å². The van der Waals surface area contributed by atoms with Gasteiger partial charge in [0.05, 0.1) is 7.11 Å². The number of methoxy groups -OCH3 is 1. The van der Waals surface area contributed by atoms with E-state index >= 15 is 0 Å². The van der Waals surface area contributed by atoms with Crippen LogP contribution in [-0.4, -0.2) is 13.0 Å². The van der Waals surface area contributed by atoms with Crippen LogP contribution in [0.2, 0.25) is 0 Å². The normalized spacial score (nSPS) is 12.2. The molecule has 0 saturated heterocycles. The fourth-order valence-electron chi connectivity index (χ4n) is 2.25. The number of hydrogen-bond acceptors (Lipinski definition) is 1. The highest BCUT2D eigenvalue weighted by Gasteiger charge is 2.12. The minimum Gasteiger partial charge on any atom is -0.497 e. The van der Waals surface area contributed by atoms with Crippen LogP contribution in [0.5, 0.6) is 5.75 Å². The summed E-state index contributed by atoms with van der Waals surface area (Å²) in [6, 6.07) is 14.8. The summed E-state index contributed by atoms with van der Waals surface area (Å²) in [6.07, 6.45) is 1.49. The first-order chi connectivity index (χ1) is 9.72. The first kappa shape index (κ1) is 14.9. The number of alkyl halides is 1. The van der Waals surface area contributed by atoms with Gasteiger partial charge in [-0.05, 0) is 48.1 Å². The molecule has 2 aromatic carbocycles. The zero-order valence-electron chi connectivity index (χ0n) is 11.5. The quantitative estimate of drug-likeness (QED) is 0.714. The Kier molecular flexibility index (Phi) is 5.42. The highest BCUT2D eigenvalue weighted by molar-refractivity contribution is 6.18. The number of hydrogen-bond donors (Lipinski definition) is 0. The van der Waals surface area contributed by atoms with Crippen LogP contribution in [0.25, 0.3) is 0 Å². The van der Waals surface area contributed by atoms with Crippen LogP contribution in [0.15, 0.2) is 48.5 Å². The molecule has 0 N–H and O–H groups in total. The molecule has 0 heterocycles. The molecule has 0 aromatic heterocycles. The van der Waals surface area contributed by atoms with E-state index in [1.165, 1.54) is 11.6 Å². The molecule has 0 fully saturated rings. The van der Waals surface area contributed by atoms with Crippen molar-refractivity contribution < 1.29 is 9.13 Å². The van der Waals surface area contributed by atoms with Crippen LogP contribution in [-0.2, 0) is 12.8 Å². The molecule has 2 aromatic rings. The van der Waals surface area contributed by atoms with Gasteiger partial charge in [0.25, 0.3) is 0 Å². The Hall–Kier alpha value is -1.54. The fraction of sp³-hybridized carbons (Fsp3) is 0.294. The van der Waals surface area contributed by atoms with Gasteiger partial charge in [-0.3, -0.25) is 0 Å². The van der Waals surface area contributed by atoms with E-state index < -0.39 is 0 Å². The molecular formula is C17H18ClFO. The number of rotatable bonds is 6. The maximum Gasteiger partial charge on any atom is 0.126 e. The summed E-state index contributed by atoms with van der Waals surface area (Å²) in [6.45, 7) is 0. The molecule has 1 unspecified atom stereocenters. The molecule has 0 radical (unpaired) electrons. The van der Waals surface area contributed by atoms with Crippen LogP contribution >= 0.6 is 11.6 Å². The molecule has 20 heavy (non-hydrogen) atoms. The SMILES string of the molecule is COc1ccc(CC(CCl)Cc2ccccc2F)cc1. The Balaban J connectivity index is 2.03. The number of ether oxygens (including phenoxy) is 1. The Bertz CT molecular complexity index is 539. The van der Waals surface area contributed by atoms with Crippen molar-refractivity contribution in [3.63, 3.8) is 0 Å². The summed E-state index contributed by atoms with van der Waals surface area (Å²) in [4.78, 5) is 0. The van der Waals surface area contributed by atoms with Crippen molar-refractivity contribution in [3.05, 3.63) is 65.5 Å². The standard InChI is InChI=1S/C17H18ClFO/c1-20-16-8-6-13(7-9-16)10-14(12-18)11-15-4-2-3-5-17(15)19/h2-9,14H,10-12H2,1H3. The molecule has 0 aliphatic heterocycles. The Labute approximate surface area is 124 Å². The van der Waals surface area contributed by atoms with E-state index in [1.54, 1.807) is 13.2 Å². The van der Waals surface area contributed by atoms with Gasteiger partial charge < -0.3 is 4.74 Å². The molecule has 0 spiro atoms. The maximum atomic E-state index is 13.7. The highest BCUT2D eigenvalue weighted by atomic mass is 35.5. The Morgan fingerprint density at radius 1 is 1.05 bits per heavy atom. The van der Waals surface area contributed by atoms with Crippen molar-refractivity contribution in [1.29, 1.82) is 0 Å². The van der Waals surface area contributed by atoms with Crippen LogP contribution in [0.3, 0.4) is 0 Å². The van der Waals surface area contributed by atoms with E-state index in [2.05, 4.69) is 0 Å². The Morgan fingerprint density at radius 3 is 2.35 bits per heavy atom. The second-order valence-corrected chi connectivity index (χ2v) is 5.18. The lowest BCUT2D eigenvalue weighted by atomic mass is 9.94. The largest absolute Gasteiger partial charge is 0.497 e. The zero-order valence-corrected chi connectivity index (χ0v) is 12.2. The van der Waals surface area contributed by atoms with Crippen LogP contribution < -0.4 is 4.74 Å². The first-order valence-electron chi connectivity index (χ1n) is 6.65. The number of benzene rings is 2. The summed E-state index contributed by atoms with van der Waals surface area (Å²) in [5.74, 6) is 1.42. The van der Waals surface area contributed by atoms with E-state index in [-0.39, 0.29) is 11.7 Å². The van der Waals surface area contributed by atoms with Crippen LogP contribution in [0, 0.1) is 11.7 Å². The van der Waals surface area contributed by atoms with Crippen molar-refractivity contribution in [1.82, 2.24) is 0 Å². The molecule has 0 bridgehead atoms. The zero-order chi connectivity index (χ0) is 14.4. The van der Waals surface area contributed by atoms with Crippen molar-refractivity contribution >= 4 is 11.6 Å². The average molecular weight is 293 g/mol. The second-order valence-electron chi connectivity index (χ2n) is 4.87. The summed E-state index contributed by atoms with van der Waals surface area (Å²) >= 11 is 6.03. The predicted molar refractivity (Wildman–Crippen MR) is 81.0 cm³/mol. The summed E-state index contributed by atoms with van der Waals surface area (Å²) in [5.41, 5.74) is 1.92. The molecule has 0 aliphatic rings. The summed E-state index contributed by atoms with van der Waals surface area (Å²) in [7, 11) is 1.65. The molecule has 2 rings (SSSR count). The molecule has 106 valence electrons. The summed E-state index contributed by atoms with van der Waals surface area (Å²) < 4.78 is 18.8. The molecular weight excluding hydrogens is 275 g/mol. The average Bonchev–Trinajstić information content (AvgIpc) is 2.49. The van der Waals surface area contributed by atoms with E-state index in [9.17, 15) is 4.39 Å². The third-order valence-corrected chi connectivity index (χ3v) is 3.80. The van der Waals surface area contributed by atoms with E-state index in [4.69, 9.17) is 16.3 Å². The van der Waals surface area contributed by atoms with Gasteiger partial charge in [-0.2, -0.15) is 0 Å². The van der Waals surface area contributed by atoms with Gasteiger partial charge in [-0.25, -0.2) is 4.39 Å². The second kappa shape index (κ2) is 7.30. The lowest BCUT2D eigenvalue weighted by Crippen LogP contribution is -2.11. The van der Waals surface area contributed by atoms with Crippen molar-refractivity contribution in [2.45, 2.75) is 12.8 Å². The molecule has 1 atom stereocenters. The van der Waals surface area contributed by atoms with Gasteiger partial charge in [0, 0.05) is 5.88 Å². The van der Waals surface area contributed by atoms with E-state index in [0.29, 0.717) is 12.3 Å². The molecule has 0 aliphatic carbocycles. The lowest BCUT2D eigenvalue weighted by Gasteiger charge is -2.15. The van der Waals surface area contributed by atoms with Gasteiger partial charge >= 0.3 is 0 Å². The van der Waals surface area contributed by atoms with Crippen molar-refractivity contribution in [2.75, 3.05) is 13.0 Å². The van der Waals surface area contributed by atoms with Gasteiger partial charge in [0.1, 0.15) is 11.6 Å². The van der Waals surface area contributed by atoms with Gasteiger partial charge in [0.15, 0.2) is 0 Å². The molecule has 0 saturated carbocycles. The summed E-state index contributed by atoms with van der Waals surface area (Å²) in [5, 5.41) is 0. The first-order valence-corrected chi connectivity index (χ1v) is 7.18. The molecule has 1 nitrogen and oxygen atoms in total. The van der Waals surface area contributed by atoms with Gasteiger partial charge in [0.2, 0.25) is 0 Å². The fourth-order valence-corrected chi connectivity index (χ4v) is 2.47. The number of halogens is 2. The topological polar surface area (TPSA) is 9.23 Å². The van der Waals surface area contributed by atoms with Gasteiger partial charge in [-0.1, -0.05) is 30.3 Å². The van der Waals surface area contributed by atoms with Crippen molar-refractivity contribution in [2.24, 2.45) is 5.92 Å². The lowest BCUT2D eigenvalue weighted by molar-refractivity contribution is 0.414. The predicted octanol–water partition coefficient (Wildman–Crippen LogP) is 4.47.